The van der Waals surface area contributed by atoms with Gasteiger partial charge in [0.1, 0.15) is 0 Å². The fourth-order valence-electron chi connectivity index (χ4n) is 4.86. The van der Waals surface area contributed by atoms with E-state index in [1.165, 1.54) is 6.26 Å². The van der Waals surface area contributed by atoms with Crippen molar-refractivity contribution in [3.8, 4) is 0 Å². The molecule has 0 radical (unpaired) electrons. The van der Waals surface area contributed by atoms with Crippen LogP contribution in [0.3, 0.4) is 0 Å². The zero-order chi connectivity index (χ0) is 20.6. The smallest absolute Gasteiger partial charge is 0.227 e. The number of rotatable bonds is 5. The number of nitrogens with one attached hydrogen (secondary N) is 1. The van der Waals surface area contributed by atoms with E-state index >= 15 is 0 Å². The standard InChI is InChI=1S/C21H30N4O3S/c1-3-21(8-9-25(16-21)29(2,27)28)24-12-10-23(11-13-24)20(26)14-17-15-22-19-7-5-4-6-18(17)19/h4-7,15,22H,3,8-14,16H2,1-2H3. The van der Waals surface area contributed by atoms with Gasteiger partial charge in [-0.15, -0.1) is 0 Å². The topological polar surface area (TPSA) is 76.7 Å². The number of carbonyl (C=O) groups is 1. The van der Waals surface area contributed by atoms with Crippen molar-refractivity contribution in [3.05, 3.63) is 36.0 Å². The molecule has 8 heteroatoms. The van der Waals surface area contributed by atoms with Crippen molar-refractivity contribution in [3.63, 3.8) is 0 Å². The first-order valence-corrected chi connectivity index (χ1v) is 12.2. The van der Waals surface area contributed by atoms with Gasteiger partial charge in [0.05, 0.1) is 12.7 Å². The molecule has 2 aliphatic rings. The number of H-pyrrole nitrogens is 1. The van der Waals surface area contributed by atoms with Gasteiger partial charge < -0.3 is 9.88 Å². The first kappa shape index (κ1) is 20.4. The second-order valence-electron chi connectivity index (χ2n) is 8.33. The SMILES string of the molecule is CCC1(N2CCN(C(=O)Cc3c[nH]c4ccccc34)CC2)CCN(S(C)(=O)=O)C1. The molecule has 0 bridgehead atoms. The maximum Gasteiger partial charge on any atom is 0.227 e. The summed E-state index contributed by atoms with van der Waals surface area (Å²) in [5, 5.41) is 1.11. The van der Waals surface area contributed by atoms with Crippen LogP contribution in [0.1, 0.15) is 25.3 Å². The molecule has 2 fully saturated rings. The maximum atomic E-state index is 12.9. The molecule has 158 valence electrons. The van der Waals surface area contributed by atoms with Crippen LogP contribution in [0.15, 0.2) is 30.5 Å². The van der Waals surface area contributed by atoms with Gasteiger partial charge in [-0.05, 0) is 24.5 Å². The third-order valence-electron chi connectivity index (χ3n) is 6.74. The summed E-state index contributed by atoms with van der Waals surface area (Å²) in [5.74, 6) is 0.157. The fourth-order valence-corrected chi connectivity index (χ4v) is 5.75. The van der Waals surface area contributed by atoms with Crippen LogP contribution in [0.5, 0.6) is 0 Å². The number of fused-ring (bicyclic) bond motifs is 1. The number of hydrogen-bond acceptors (Lipinski definition) is 4. The molecular weight excluding hydrogens is 388 g/mol. The number of aromatic nitrogens is 1. The maximum absolute atomic E-state index is 12.9. The Hall–Kier alpha value is -1.90. The zero-order valence-electron chi connectivity index (χ0n) is 17.2. The first-order valence-electron chi connectivity index (χ1n) is 10.4. The molecule has 0 saturated carbocycles. The Morgan fingerprint density at radius 2 is 1.86 bits per heavy atom. The van der Waals surface area contributed by atoms with Gasteiger partial charge in [0.25, 0.3) is 0 Å². The Morgan fingerprint density at radius 1 is 1.14 bits per heavy atom. The van der Waals surface area contributed by atoms with Crippen molar-refractivity contribution in [2.24, 2.45) is 0 Å². The molecule has 3 heterocycles. The molecule has 2 aliphatic heterocycles. The molecule has 1 aromatic heterocycles. The summed E-state index contributed by atoms with van der Waals surface area (Å²) >= 11 is 0. The van der Waals surface area contributed by atoms with Crippen molar-refractivity contribution in [2.75, 3.05) is 45.5 Å². The van der Waals surface area contributed by atoms with Crippen molar-refractivity contribution >= 4 is 26.8 Å². The highest BCUT2D eigenvalue weighted by atomic mass is 32.2. The molecule has 0 aliphatic carbocycles. The number of piperazine rings is 1. The van der Waals surface area contributed by atoms with Crippen molar-refractivity contribution in [1.29, 1.82) is 0 Å². The van der Waals surface area contributed by atoms with Crippen LogP contribution in [0.4, 0.5) is 0 Å². The van der Waals surface area contributed by atoms with E-state index in [2.05, 4.69) is 16.8 Å². The molecule has 2 aromatic rings. The van der Waals surface area contributed by atoms with Gasteiger partial charge in [-0.3, -0.25) is 9.69 Å². The van der Waals surface area contributed by atoms with Crippen LogP contribution in [0, 0.1) is 0 Å². The molecule has 0 spiro atoms. The highest BCUT2D eigenvalue weighted by molar-refractivity contribution is 7.88. The Labute approximate surface area is 172 Å². The van der Waals surface area contributed by atoms with Gasteiger partial charge >= 0.3 is 0 Å². The third-order valence-corrected chi connectivity index (χ3v) is 7.99. The van der Waals surface area contributed by atoms with E-state index in [1.54, 1.807) is 4.31 Å². The molecule has 4 rings (SSSR count). The normalized spacial score (nSPS) is 24.4. The van der Waals surface area contributed by atoms with Crippen LogP contribution in [0.2, 0.25) is 0 Å². The van der Waals surface area contributed by atoms with Gasteiger partial charge in [-0.25, -0.2) is 12.7 Å². The highest BCUT2D eigenvalue weighted by Gasteiger charge is 2.45. The Kier molecular flexibility index (Phi) is 5.44. The lowest BCUT2D eigenvalue weighted by atomic mass is 9.92. The van der Waals surface area contributed by atoms with E-state index in [0.717, 1.165) is 42.4 Å². The monoisotopic (exact) mass is 418 g/mol. The van der Waals surface area contributed by atoms with Crippen LogP contribution < -0.4 is 0 Å². The lowest BCUT2D eigenvalue weighted by molar-refractivity contribution is -0.133. The highest BCUT2D eigenvalue weighted by Crippen LogP contribution is 2.33. The minimum absolute atomic E-state index is 0.102. The molecule has 1 aromatic carbocycles. The number of para-hydroxylation sites is 1. The number of aromatic amines is 1. The number of nitrogens with zero attached hydrogens (tertiary/aromatic N) is 3. The summed E-state index contributed by atoms with van der Waals surface area (Å²) < 4.78 is 25.5. The fraction of sp³-hybridized carbons (Fsp3) is 0.571. The molecule has 2 saturated heterocycles. The van der Waals surface area contributed by atoms with Gasteiger partial charge in [0, 0.05) is 61.9 Å². The zero-order valence-corrected chi connectivity index (χ0v) is 18.0. The Bertz CT molecular complexity index is 994. The van der Waals surface area contributed by atoms with E-state index in [-0.39, 0.29) is 11.4 Å². The van der Waals surface area contributed by atoms with Gasteiger partial charge in [-0.1, -0.05) is 25.1 Å². The van der Waals surface area contributed by atoms with Gasteiger partial charge in [0.2, 0.25) is 15.9 Å². The molecular formula is C21H30N4O3S. The van der Waals surface area contributed by atoms with Crippen LogP contribution in [-0.4, -0.2) is 84.5 Å². The molecule has 29 heavy (non-hydrogen) atoms. The van der Waals surface area contributed by atoms with Crippen molar-refractivity contribution < 1.29 is 13.2 Å². The average molecular weight is 419 g/mol. The minimum atomic E-state index is -3.15. The molecule has 1 atom stereocenters. The predicted octanol–water partition coefficient (Wildman–Crippen LogP) is 1.67. The summed E-state index contributed by atoms with van der Waals surface area (Å²) in [6, 6.07) is 8.05. The van der Waals surface area contributed by atoms with Gasteiger partial charge in [0.15, 0.2) is 0 Å². The summed E-state index contributed by atoms with van der Waals surface area (Å²) in [6.45, 7) is 6.28. The minimum Gasteiger partial charge on any atom is -0.361 e. The van der Waals surface area contributed by atoms with Crippen molar-refractivity contribution in [2.45, 2.75) is 31.7 Å². The molecule has 1 amide bonds. The summed E-state index contributed by atoms with van der Waals surface area (Å²) in [4.78, 5) is 20.5. The second kappa shape index (κ2) is 7.74. The first-order chi connectivity index (χ1) is 13.8. The number of amides is 1. The molecule has 1 N–H and O–H groups in total. The van der Waals surface area contributed by atoms with Crippen LogP contribution in [-0.2, 0) is 21.2 Å². The summed E-state index contributed by atoms with van der Waals surface area (Å²) in [5.41, 5.74) is 1.99. The number of carbonyl (C=O) groups excluding carboxylic acids is 1. The van der Waals surface area contributed by atoms with E-state index in [0.29, 0.717) is 32.6 Å². The average Bonchev–Trinajstić information content (AvgIpc) is 3.34. The van der Waals surface area contributed by atoms with Crippen LogP contribution >= 0.6 is 0 Å². The second-order valence-corrected chi connectivity index (χ2v) is 10.3. The number of hydrogen-bond donors (Lipinski definition) is 1. The largest absolute Gasteiger partial charge is 0.361 e. The van der Waals surface area contributed by atoms with Crippen molar-refractivity contribution in [1.82, 2.24) is 19.1 Å². The van der Waals surface area contributed by atoms with E-state index < -0.39 is 10.0 Å². The predicted molar refractivity (Wildman–Crippen MR) is 114 cm³/mol. The lowest BCUT2D eigenvalue weighted by Crippen LogP contribution is -2.59. The Balaban J connectivity index is 1.38. The van der Waals surface area contributed by atoms with Crippen LogP contribution in [0.25, 0.3) is 10.9 Å². The third kappa shape index (κ3) is 3.93. The molecule has 7 nitrogen and oxygen atoms in total. The van der Waals surface area contributed by atoms with E-state index in [9.17, 15) is 13.2 Å². The van der Waals surface area contributed by atoms with Gasteiger partial charge in [-0.2, -0.15) is 0 Å². The lowest BCUT2D eigenvalue weighted by Gasteiger charge is -2.45. The van der Waals surface area contributed by atoms with E-state index in [4.69, 9.17) is 0 Å². The summed E-state index contributed by atoms with van der Waals surface area (Å²) in [6.07, 6.45) is 5.41. The summed E-state index contributed by atoms with van der Waals surface area (Å²) in [7, 11) is -3.15. The number of benzene rings is 1. The quantitative estimate of drug-likeness (QED) is 0.801. The Morgan fingerprint density at radius 3 is 2.52 bits per heavy atom. The number of sulfonamides is 1. The van der Waals surface area contributed by atoms with E-state index in [1.807, 2.05) is 35.4 Å². The molecule has 1 unspecified atom stereocenters.